The van der Waals surface area contributed by atoms with Crippen molar-refractivity contribution in [3.8, 4) is 0 Å². The summed E-state index contributed by atoms with van der Waals surface area (Å²) >= 11 is 0. The molecule has 16 heavy (non-hydrogen) atoms. The highest BCUT2D eigenvalue weighted by atomic mass is 32.2. The van der Waals surface area contributed by atoms with Gasteiger partial charge in [-0.3, -0.25) is 0 Å². The summed E-state index contributed by atoms with van der Waals surface area (Å²) in [4.78, 5) is 0.596. The van der Waals surface area contributed by atoms with Crippen molar-refractivity contribution in [3.05, 3.63) is 41.5 Å². The second-order valence-corrected chi connectivity index (χ2v) is 6.12. The summed E-state index contributed by atoms with van der Waals surface area (Å²) < 4.78 is 37.2. The van der Waals surface area contributed by atoms with E-state index >= 15 is 0 Å². The molecule has 0 fully saturated rings. The van der Waals surface area contributed by atoms with E-state index in [0.29, 0.717) is 4.90 Å². The normalized spacial score (nSPS) is 13.9. The summed E-state index contributed by atoms with van der Waals surface area (Å²) in [5.41, 5.74) is 1.07. The lowest BCUT2D eigenvalue weighted by atomic mass is 10.2. The summed E-state index contributed by atoms with van der Waals surface area (Å²) in [6.45, 7) is 1.93. The summed E-state index contributed by atoms with van der Waals surface area (Å²) in [6, 6.07) is 7.10. The molecular weight excluding hydrogens is 248 g/mol. The average Bonchev–Trinajstić information content (AvgIpc) is 2.16. The fraction of sp³-hybridized carbons (Fsp3) is 0.200. The number of benzene rings is 1. The van der Waals surface area contributed by atoms with Crippen LogP contribution in [0.3, 0.4) is 0 Å². The van der Waals surface area contributed by atoms with Crippen molar-refractivity contribution in [2.24, 2.45) is 0 Å². The minimum absolute atomic E-state index is 0.596. The molecule has 0 aromatic heterocycles. The van der Waals surface area contributed by atoms with E-state index in [1.807, 2.05) is 19.1 Å². The van der Waals surface area contributed by atoms with Gasteiger partial charge in [0.1, 0.15) is 6.26 Å². The summed E-state index contributed by atoms with van der Waals surface area (Å²) in [5.74, 6) is 0. The molecule has 0 bridgehead atoms. The molecule has 88 valence electrons. The highest BCUT2D eigenvalue weighted by molar-refractivity contribution is 7.88. The Labute approximate surface area is 97.5 Å². The van der Waals surface area contributed by atoms with Gasteiger partial charge in [-0.25, -0.2) is 4.21 Å². The van der Waals surface area contributed by atoms with E-state index in [9.17, 15) is 12.6 Å². The van der Waals surface area contributed by atoms with Gasteiger partial charge >= 0.3 is 10.1 Å². The first-order valence-corrected chi connectivity index (χ1v) is 7.43. The predicted octanol–water partition coefficient (Wildman–Crippen LogP) is 1.55. The highest BCUT2D eigenvalue weighted by Crippen LogP contribution is 2.09. The summed E-state index contributed by atoms with van der Waals surface area (Å²) in [5, 5.41) is 1.19. The summed E-state index contributed by atoms with van der Waals surface area (Å²) in [6.07, 6.45) is 1.84. The fourth-order valence-corrected chi connectivity index (χ4v) is 1.97. The van der Waals surface area contributed by atoms with E-state index in [-0.39, 0.29) is 0 Å². The molecule has 0 amide bonds. The van der Waals surface area contributed by atoms with Crippen molar-refractivity contribution in [1.82, 2.24) is 0 Å². The van der Waals surface area contributed by atoms with Gasteiger partial charge in [-0.1, -0.05) is 17.7 Å². The monoisotopic (exact) mass is 260 g/mol. The molecule has 0 aliphatic rings. The van der Waals surface area contributed by atoms with E-state index in [2.05, 4.69) is 4.18 Å². The van der Waals surface area contributed by atoms with E-state index in [1.54, 1.807) is 12.1 Å². The zero-order valence-electron chi connectivity index (χ0n) is 8.91. The van der Waals surface area contributed by atoms with Gasteiger partial charge in [0.15, 0.2) is 0 Å². The number of rotatable bonds is 4. The lowest BCUT2D eigenvalue weighted by Gasteiger charge is -1.98. The third-order valence-corrected chi connectivity index (χ3v) is 3.22. The zero-order chi connectivity index (χ0) is 12.2. The highest BCUT2D eigenvalue weighted by Gasteiger charge is 2.00. The second kappa shape index (κ2) is 5.27. The van der Waals surface area contributed by atoms with Crippen molar-refractivity contribution in [2.75, 3.05) is 6.26 Å². The van der Waals surface area contributed by atoms with Crippen molar-refractivity contribution >= 4 is 20.9 Å². The van der Waals surface area contributed by atoms with Crippen LogP contribution in [0.2, 0.25) is 0 Å². The molecule has 1 atom stereocenters. The van der Waals surface area contributed by atoms with Gasteiger partial charge in [-0.05, 0) is 19.1 Å². The Balaban J connectivity index is 2.70. The third kappa shape index (κ3) is 4.59. The Hall–Kier alpha value is -1.14. The Morgan fingerprint density at radius 3 is 2.31 bits per heavy atom. The Kier molecular flexibility index (Phi) is 4.26. The van der Waals surface area contributed by atoms with Gasteiger partial charge in [0.25, 0.3) is 0 Å². The zero-order valence-corrected chi connectivity index (χ0v) is 10.5. The SMILES string of the molecule is Cc1ccc(S(=O)/C=C/OS(C)(=O)=O)cc1. The van der Waals surface area contributed by atoms with Crippen LogP contribution in [0.1, 0.15) is 5.56 Å². The lowest BCUT2D eigenvalue weighted by Crippen LogP contribution is -1.96. The van der Waals surface area contributed by atoms with Gasteiger partial charge < -0.3 is 4.18 Å². The van der Waals surface area contributed by atoms with Crippen molar-refractivity contribution < 1.29 is 16.8 Å². The summed E-state index contributed by atoms with van der Waals surface area (Å²) in [7, 11) is -4.93. The molecule has 6 heteroatoms. The minimum atomic E-state index is -3.53. The molecule has 0 saturated carbocycles. The Bertz CT molecular complexity index is 500. The van der Waals surface area contributed by atoms with Crippen LogP contribution < -0.4 is 0 Å². The number of aryl methyl sites for hydroxylation is 1. The quantitative estimate of drug-likeness (QED) is 0.608. The van der Waals surface area contributed by atoms with E-state index in [1.165, 1.54) is 5.41 Å². The van der Waals surface area contributed by atoms with Crippen LogP contribution in [0.25, 0.3) is 0 Å². The van der Waals surface area contributed by atoms with Crippen LogP contribution in [-0.4, -0.2) is 18.9 Å². The molecule has 0 aliphatic carbocycles. The maximum Gasteiger partial charge on any atom is 0.305 e. The van der Waals surface area contributed by atoms with E-state index < -0.39 is 20.9 Å². The van der Waals surface area contributed by atoms with Gasteiger partial charge in [0, 0.05) is 10.3 Å². The standard InChI is InChI=1S/C10H12O4S2/c1-9-3-5-10(6-4-9)15(11)8-7-14-16(2,12)13/h3-8H,1-2H3/b8-7+. The molecule has 1 rings (SSSR count). The fourth-order valence-electron chi connectivity index (χ4n) is 0.925. The van der Waals surface area contributed by atoms with Gasteiger partial charge in [0.2, 0.25) is 0 Å². The molecule has 0 N–H and O–H groups in total. The van der Waals surface area contributed by atoms with Crippen LogP contribution >= 0.6 is 0 Å². The van der Waals surface area contributed by atoms with Crippen LogP contribution in [0, 0.1) is 6.92 Å². The van der Waals surface area contributed by atoms with E-state index in [4.69, 9.17) is 0 Å². The van der Waals surface area contributed by atoms with Gasteiger partial charge in [-0.15, -0.1) is 0 Å². The van der Waals surface area contributed by atoms with Gasteiger partial charge in [-0.2, -0.15) is 8.42 Å². The van der Waals surface area contributed by atoms with Crippen molar-refractivity contribution in [2.45, 2.75) is 11.8 Å². The molecule has 0 spiro atoms. The molecule has 1 aromatic carbocycles. The van der Waals surface area contributed by atoms with Crippen LogP contribution in [0.4, 0.5) is 0 Å². The average molecular weight is 260 g/mol. The third-order valence-electron chi connectivity index (χ3n) is 1.66. The second-order valence-electron chi connectivity index (χ2n) is 3.18. The molecule has 1 unspecified atom stereocenters. The van der Waals surface area contributed by atoms with Crippen molar-refractivity contribution in [3.63, 3.8) is 0 Å². The molecule has 1 aromatic rings. The van der Waals surface area contributed by atoms with Crippen LogP contribution in [-0.2, 0) is 25.1 Å². The van der Waals surface area contributed by atoms with Crippen LogP contribution in [0.15, 0.2) is 40.8 Å². The van der Waals surface area contributed by atoms with E-state index in [0.717, 1.165) is 18.1 Å². The van der Waals surface area contributed by atoms with Crippen LogP contribution in [0.5, 0.6) is 0 Å². The molecular formula is C10H12O4S2. The molecule has 0 aliphatic heterocycles. The minimum Gasteiger partial charge on any atom is -0.390 e. The first-order chi connectivity index (χ1) is 7.38. The Morgan fingerprint density at radius 2 is 1.81 bits per heavy atom. The Morgan fingerprint density at radius 1 is 1.25 bits per heavy atom. The number of hydrogen-bond donors (Lipinski definition) is 0. The molecule has 0 heterocycles. The van der Waals surface area contributed by atoms with Gasteiger partial charge in [0.05, 0.1) is 17.1 Å². The maximum atomic E-state index is 11.6. The first kappa shape index (κ1) is 12.9. The first-order valence-electron chi connectivity index (χ1n) is 4.41. The molecule has 0 saturated heterocycles. The largest absolute Gasteiger partial charge is 0.390 e. The lowest BCUT2D eigenvalue weighted by molar-refractivity contribution is 0.450. The van der Waals surface area contributed by atoms with Crippen molar-refractivity contribution in [1.29, 1.82) is 0 Å². The topological polar surface area (TPSA) is 60.4 Å². The molecule has 0 radical (unpaired) electrons. The molecule has 4 nitrogen and oxygen atoms in total. The maximum absolute atomic E-state index is 11.6. The smallest absolute Gasteiger partial charge is 0.305 e. The predicted molar refractivity (Wildman–Crippen MR) is 62.7 cm³/mol. The number of hydrogen-bond acceptors (Lipinski definition) is 4.